The third kappa shape index (κ3) is 6.81. The second-order valence-electron chi connectivity index (χ2n) is 9.44. The van der Waals surface area contributed by atoms with Crippen LogP contribution in [-0.4, -0.2) is 66.7 Å². The zero-order chi connectivity index (χ0) is 25.5. The molecule has 8 nitrogen and oxygen atoms in total. The van der Waals surface area contributed by atoms with Gasteiger partial charge in [0.1, 0.15) is 12.4 Å². The van der Waals surface area contributed by atoms with Crippen molar-refractivity contribution in [1.29, 1.82) is 0 Å². The number of nitrogens with zero attached hydrogens (tertiary/aromatic N) is 2. The summed E-state index contributed by atoms with van der Waals surface area (Å²) in [6.45, 7) is 4.91. The number of ether oxygens (including phenoxy) is 1. The van der Waals surface area contributed by atoms with Gasteiger partial charge in [-0.15, -0.1) is 0 Å². The molecule has 36 heavy (non-hydrogen) atoms. The van der Waals surface area contributed by atoms with E-state index in [1.165, 1.54) is 24.6 Å². The second-order valence-corrected chi connectivity index (χ2v) is 9.44. The molecular weight excluding hydrogens is 463 g/mol. The maximum atomic E-state index is 13.2. The summed E-state index contributed by atoms with van der Waals surface area (Å²) in [4.78, 5) is 39.6. The van der Waals surface area contributed by atoms with Gasteiger partial charge in [-0.1, -0.05) is 24.3 Å². The fourth-order valence-corrected chi connectivity index (χ4v) is 4.90. The van der Waals surface area contributed by atoms with Crippen LogP contribution in [0.3, 0.4) is 0 Å². The molecule has 2 heterocycles. The lowest BCUT2D eigenvalue weighted by Crippen LogP contribution is -2.46. The number of hydrogen-bond acceptors (Lipinski definition) is 5. The molecule has 1 unspecified atom stereocenters. The van der Waals surface area contributed by atoms with E-state index in [0.717, 1.165) is 55.0 Å². The highest BCUT2D eigenvalue weighted by Crippen LogP contribution is 2.29. The van der Waals surface area contributed by atoms with Crippen molar-refractivity contribution in [2.75, 3.05) is 38.1 Å². The van der Waals surface area contributed by atoms with Gasteiger partial charge in [-0.25, -0.2) is 18.9 Å². The summed E-state index contributed by atoms with van der Waals surface area (Å²) in [5.41, 5.74) is 2.92. The first-order chi connectivity index (χ1) is 17.4. The van der Waals surface area contributed by atoms with Crippen molar-refractivity contribution in [3.63, 3.8) is 0 Å². The minimum Gasteiger partial charge on any atom is -0.447 e. The van der Waals surface area contributed by atoms with Gasteiger partial charge in [0.05, 0.1) is 6.04 Å². The van der Waals surface area contributed by atoms with E-state index in [1.54, 1.807) is 12.1 Å². The molecule has 2 aliphatic heterocycles. The topological polar surface area (TPSA) is 91.0 Å². The first-order valence-corrected chi connectivity index (χ1v) is 12.5. The number of halogens is 1. The van der Waals surface area contributed by atoms with E-state index in [0.29, 0.717) is 18.9 Å². The molecule has 1 atom stereocenters. The Balaban J connectivity index is 1.18. The predicted octanol–water partition coefficient (Wildman–Crippen LogP) is 4.13. The number of hydrogen-bond donors (Lipinski definition) is 2. The molecule has 2 N–H and O–H groups in total. The summed E-state index contributed by atoms with van der Waals surface area (Å²) in [6, 6.07) is 13.2. The van der Waals surface area contributed by atoms with Crippen LogP contribution in [0.2, 0.25) is 0 Å². The lowest BCUT2D eigenvalue weighted by atomic mass is 9.89. The standard InChI is InChI=1S/C27H33FN4O4/c1-19(33)30-24-5-2-4-22(17-24)21-10-14-31(15-11-21)13-3-12-29-26(34)32-25(18-36-27(32)35)16-20-6-8-23(28)9-7-20/h2,4-9,17,21,25H,3,10-16,18H2,1H3,(H,29,34)(H,30,33). The first kappa shape index (κ1) is 25.6. The summed E-state index contributed by atoms with van der Waals surface area (Å²) < 4.78 is 18.2. The quantitative estimate of drug-likeness (QED) is 0.537. The van der Waals surface area contributed by atoms with Crippen LogP contribution in [0, 0.1) is 5.82 Å². The number of amides is 4. The number of rotatable bonds is 8. The van der Waals surface area contributed by atoms with Gasteiger partial charge in [0.15, 0.2) is 0 Å². The largest absolute Gasteiger partial charge is 0.447 e. The molecule has 0 spiro atoms. The number of urea groups is 1. The van der Waals surface area contributed by atoms with Crippen molar-refractivity contribution in [2.45, 2.75) is 44.6 Å². The number of cyclic esters (lactones) is 1. The molecule has 0 aliphatic carbocycles. The molecule has 9 heteroatoms. The minimum atomic E-state index is -0.649. The summed E-state index contributed by atoms with van der Waals surface area (Å²) in [7, 11) is 0. The highest BCUT2D eigenvalue weighted by Gasteiger charge is 2.37. The van der Waals surface area contributed by atoms with E-state index in [1.807, 2.05) is 12.1 Å². The average molecular weight is 497 g/mol. The highest BCUT2D eigenvalue weighted by atomic mass is 19.1. The Morgan fingerprint density at radius 1 is 1.11 bits per heavy atom. The molecule has 0 radical (unpaired) electrons. The van der Waals surface area contributed by atoms with E-state index < -0.39 is 18.2 Å². The smallest absolute Gasteiger partial charge is 0.418 e. The number of anilines is 1. The normalized spacial score (nSPS) is 18.7. The molecule has 4 rings (SSSR count). The van der Waals surface area contributed by atoms with Crippen LogP contribution >= 0.6 is 0 Å². The van der Waals surface area contributed by atoms with E-state index in [2.05, 4.69) is 27.7 Å². The monoisotopic (exact) mass is 496 g/mol. The van der Waals surface area contributed by atoms with E-state index >= 15 is 0 Å². The Morgan fingerprint density at radius 3 is 2.58 bits per heavy atom. The predicted molar refractivity (Wildman–Crippen MR) is 134 cm³/mol. The van der Waals surface area contributed by atoms with E-state index in [-0.39, 0.29) is 18.3 Å². The van der Waals surface area contributed by atoms with Crippen molar-refractivity contribution < 1.29 is 23.5 Å². The zero-order valence-corrected chi connectivity index (χ0v) is 20.5. The van der Waals surface area contributed by atoms with Crippen molar-refractivity contribution >= 4 is 23.7 Å². The molecule has 0 saturated carbocycles. The zero-order valence-electron chi connectivity index (χ0n) is 20.5. The minimum absolute atomic E-state index is 0.0703. The third-order valence-electron chi connectivity index (χ3n) is 6.76. The van der Waals surface area contributed by atoms with Gasteiger partial charge in [0, 0.05) is 19.2 Å². The molecular formula is C27H33FN4O4. The number of nitrogens with one attached hydrogen (secondary N) is 2. The third-order valence-corrected chi connectivity index (χ3v) is 6.76. The van der Waals surface area contributed by atoms with Crippen LogP contribution < -0.4 is 10.6 Å². The summed E-state index contributed by atoms with van der Waals surface area (Å²) in [5, 5.41) is 5.69. The number of carbonyl (C=O) groups is 3. The maximum absolute atomic E-state index is 13.2. The van der Waals surface area contributed by atoms with Gasteiger partial charge in [-0.3, -0.25) is 4.79 Å². The fourth-order valence-electron chi connectivity index (χ4n) is 4.90. The van der Waals surface area contributed by atoms with E-state index in [4.69, 9.17) is 4.74 Å². The number of likely N-dealkylation sites (tertiary alicyclic amines) is 1. The van der Waals surface area contributed by atoms with Gasteiger partial charge in [-0.05, 0) is 86.6 Å². The van der Waals surface area contributed by atoms with Crippen molar-refractivity contribution in [3.05, 3.63) is 65.5 Å². The van der Waals surface area contributed by atoms with Gasteiger partial charge in [0.2, 0.25) is 5.91 Å². The number of benzene rings is 2. The number of piperidine rings is 1. The lowest BCUT2D eigenvalue weighted by Gasteiger charge is -2.32. The van der Waals surface area contributed by atoms with Crippen LogP contribution in [-0.2, 0) is 16.0 Å². The second kappa shape index (κ2) is 12.0. The molecule has 0 bridgehead atoms. The molecule has 4 amide bonds. The van der Waals surface area contributed by atoms with Gasteiger partial charge >= 0.3 is 12.1 Å². The SMILES string of the molecule is CC(=O)Nc1cccc(C2CCN(CCCNC(=O)N3C(=O)OCC3Cc3ccc(F)cc3)CC2)c1. The maximum Gasteiger partial charge on any atom is 0.418 e. The molecule has 2 fully saturated rings. The molecule has 2 saturated heterocycles. The first-order valence-electron chi connectivity index (χ1n) is 12.5. The molecule has 2 aromatic rings. The molecule has 192 valence electrons. The van der Waals surface area contributed by atoms with Gasteiger partial charge in [0.25, 0.3) is 0 Å². The molecule has 2 aromatic carbocycles. The van der Waals surface area contributed by atoms with Crippen molar-refractivity contribution in [2.24, 2.45) is 0 Å². The van der Waals surface area contributed by atoms with Crippen molar-refractivity contribution in [1.82, 2.24) is 15.1 Å². The summed E-state index contributed by atoms with van der Waals surface area (Å²) >= 11 is 0. The Bertz CT molecular complexity index is 1070. The number of imide groups is 1. The Labute approximate surface area is 210 Å². The van der Waals surface area contributed by atoms with Crippen LogP contribution in [0.5, 0.6) is 0 Å². The van der Waals surface area contributed by atoms with Crippen LogP contribution in [0.4, 0.5) is 19.7 Å². The van der Waals surface area contributed by atoms with Crippen LogP contribution in [0.15, 0.2) is 48.5 Å². The molecule has 0 aromatic heterocycles. The summed E-state index contributed by atoms with van der Waals surface area (Å²) in [5.74, 6) is 0.0699. The van der Waals surface area contributed by atoms with Crippen LogP contribution in [0.25, 0.3) is 0 Å². The average Bonchev–Trinajstić information content (AvgIpc) is 3.23. The Morgan fingerprint density at radius 2 is 1.86 bits per heavy atom. The lowest BCUT2D eigenvalue weighted by molar-refractivity contribution is -0.114. The Kier molecular flexibility index (Phi) is 8.53. The van der Waals surface area contributed by atoms with Crippen LogP contribution in [0.1, 0.15) is 43.2 Å². The summed E-state index contributed by atoms with van der Waals surface area (Å²) in [6.07, 6.45) is 2.63. The fraction of sp³-hybridized carbons (Fsp3) is 0.444. The van der Waals surface area contributed by atoms with Gasteiger partial charge < -0.3 is 20.3 Å². The Hall–Kier alpha value is -3.46. The van der Waals surface area contributed by atoms with Gasteiger partial charge in [-0.2, -0.15) is 0 Å². The van der Waals surface area contributed by atoms with Crippen molar-refractivity contribution in [3.8, 4) is 0 Å². The highest BCUT2D eigenvalue weighted by molar-refractivity contribution is 5.92. The number of carbonyl (C=O) groups excluding carboxylic acids is 3. The van der Waals surface area contributed by atoms with E-state index in [9.17, 15) is 18.8 Å². The molecule has 2 aliphatic rings.